The van der Waals surface area contributed by atoms with E-state index < -0.39 is 5.91 Å². The van der Waals surface area contributed by atoms with Crippen LogP contribution in [-0.4, -0.2) is 32.3 Å². The van der Waals surface area contributed by atoms with Gasteiger partial charge in [-0.3, -0.25) is 14.2 Å². The third-order valence-electron chi connectivity index (χ3n) is 4.14. The monoisotopic (exact) mass is 547 g/mol. The van der Waals surface area contributed by atoms with Gasteiger partial charge in [0.1, 0.15) is 10.7 Å². The molecule has 2 heterocycles. The first kappa shape index (κ1) is 22.4. The number of para-hydroxylation sites is 1. The number of halogens is 1. The third kappa shape index (κ3) is 4.99. The average molecular weight is 548 g/mol. The zero-order valence-corrected chi connectivity index (χ0v) is 20.2. The Morgan fingerprint density at radius 3 is 2.56 bits per heavy atom. The van der Waals surface area contributed by atoms with Crippen LogP contribution in [0, 0.1) is 3.95 Å². The van der Waals surface area contributed by atoms with E-state index in [2.05, 4.69) is 31.4 Å². The number of primary amides is 1. The lowest BCUT2D eigenvalue weighted by atomic mass is 10.2. The van der Waals surface area contributed by atoms with Crippen LogP contribution in [0.1, 0.15) is 10.5 Å². The molecule has 4 rings (SSSR count). The molecule has 2 amide bonds. The summed E-state index contributed by atoms with van der Waals surface area (Å²) in [4.78, 5) is 24.6. The highest BCUT2D eigenvalue weighted by Crippen LogP contribution is 2.29. The number of hydrogen-bond donors (Lipinski definition) is 2. The number of thiazole rings is 1. The number of rotatable bonds is 7. The highest BCUT2D eigenvalue weighted by molar-refractivity contribution is 9.10. The molecule has 32 heavy (non-hydrogen) atoms. The first-order valence-corrected chi connectivity index (χ1v) is 12.1. The summed E-state index contributed by atoms with van der Waals surface area (Å²) < 4.78 is 8.48. The van der Waals surface area contributed by atoms with Crippen molar-refractivity contribution in [1.29, 1.82) is 0 Å². The predicted molar refractivity (Wildman–Crippen MR) is 130 cm³/mol. The van der Waals surface area contributed by atoms with E-state index in [0.717, 1.165) is 33.1 Å². The summed E-state index contributed by atoms with van der Waals surface area (Å²) in [6, 6.07) is 16.5. The van der Waals surface area contributed by atoms with Gasteiger partial charge in [-0.1, -0.05) is 57.2 Å². The van der Waals surface area contributed by atoms with Crippen LogP contribution >= 0.6 is 51.2 Å². The molecule has 0 aliphatic rings. The van der Waals surface area contributed by atoms with Gasteiger partial charge in [0.2, 0.25) is 11.8 Å². The maximum Gasteiger partial charge on any atom is 0.277 e. The number of thioether (sulfide) groups is 1. The van der Waals surface area contributed by atoms with E-state index in [-0.39, 0.29) is 27.6 Å². The largest absolute Gasteiger partial charge is 0.411 e. The average Bonchev–Trinajstić information content (AvgIpc) is 3.38. The minimum absolute atomic E-state index is 0.00380. The molecule has 12 heteroatoms. The van der Waals surface area contributed by atoms with Crippen LogP contribution in [0.15, 0.2) is 68.7 Å². The number of amides is 2. The maximum absolute atomic E-state index is 12.5. The molecular formula is C20H14BrN5O3S3. The fourth-order valence-corrected chi connectivity index (χ4v) is 4.95. The second kappa shape index (κ2) is 9.77. The number of nitrogens with two attached hydrogens (primary N) is 1. The van der Waals surface area contributed by atoms with Gasteiger partial charge in [0.05, 0.1) is 5.75 Å². The molecule has 0 spiro atoms. The van der Waals surface area contributed by atoms with Crippen LogP contribution in [0.4, 0.5) is 5.00 Å². The van der Waals surface area contributed by atoms with E-state index in [0.29, 0.717) is 15.5 Å². The molecule has 0 unspecified atom stereocenters. The van der Waals surface area contributed by atoms with Gasteiger partial charge in [-0.05, 0) is 48.6 Å². The summed E-state index contributed by atoms with van der Waals surface area (Å²) in [5.74, 6) is -0.706. The molecule has 0 radical (unpaired) electrons. The Balaban J connectivity index is 1.47. The van der Waals surface area contributed by atoms with Gasteiger partial charge in [0.25, 0.3) is 11.1 Å². The van der Waals surface area contributed by atoms with Gasteiger partial charge in [-0.25, -0.2) is 0 Å². The normalized spacial score (nSPS) is 10.8. The summed E-state index contributed by atoms with van der Waals surface area (Å²) in [7, 11) is 0. The predicted octanol–water partition coefficient (Wildman–Crippen LogP) is 4.91. The van der Waals surface area contributed by atoms with Crippen LogP contribution in [0.5, 0.6) is 0 Å². The van der Waals surface area contributed by atoms with E-state index in [1.54, 1.807) is 16.7 Å². The molecule has 8 nitrogen and oxygen atoms in total. The first-order chi connectivity index (χ1) is 15.4. The fraction of sp³-hybridized carbons (Fsp3) is 0.0500. The number of carbonyl (C=O) groups is 2. The zero-order chi connectivity index (χ0) is 22.7. The Morgan fingerprint density at radius 1 is 1.16 bits per heavy atom. The second-order valence-electron chi connectivity index (χ2n) is 6.30. The minimum atomic E-state index is -0.694. The number of nitrogens with zero attached hydrogens (tertiary/aromatic N) is 3. The van der Waals surface area contributed by atoms with Crippen molar-refractivity contribution < 1.29 is 14.0 Å². The van der Waals surface area contributed by atoms with Crippen molar-refractivity contribution in [1.82, 2.24) is 14.8 Å². The number of anilines is 1. The summed E-state index contributed by atoms with van der Waals surface area (Å²) in [5.41, 5.74) is 7.16. The lowest BCUT2D eigenvalue weighted by molar-refractivity contribution is -0.113. The fourth-order valence-electron chi connectivity index (χ4n) is 2.76. The van der Waals surface area contributed by atoms with Crippen LogP contribution in [0.2, 0.25) is 0 Å². The van der Waals surface area contributed by atoms with Gasteiger partial charge < -0.3 is 15.5 Å². The lowest BCUT2D eigenvalue weighted by Crippen LogP contribution is -2.21. The molecule has 0 saturated heterocycles. The summed E-state index contributed by atoms with van der Waals surface area (Å²) in [5, 5.41) is 11.2. The van der Waals surface area contributed by atoms with Crippen LogP contribution in [0.3, 0.4) is 0 Å². The summed E-state index contributed by atoms with van der Waals surface area (Å²) in [6.07, 6.45) is 0. The molecule has 0 fully saturated rings. The van der Waals surface area contributed by atoms with Crippen LogP contribution < -0.4 is 11.1 Å². The number of carbonyl (C=O) groups excluding carboxylic acids is 2. The Labute approximate surface area is 204 Å². The maximum atomic E-state index is 12.5. The highest BCUT2D eigenvalue weighted by atomic mass is 79.9. The van der Waals surface area contributed by atoms with Gasteiger partial charge in [-0.15, -0.1) is 10.2 Å². The Hall–Kier alpha value is -2.80. The standard InChI is InChI=1S/C20H14BrN5O3S3/c21-12-8-6-11(7-9-12)17-24-25-19(29-17)31-10-14(27)23-18-15(16(22)28)26(20(30)32-18)13-4-2-1-3-5-13/h1-9H,10H2,(H2,22,28)(H,23,27). The van der Waals surface area contributed by atoms with Crippen molar-refractivity contribution in [2.45, 2.75) is 5.22 Å². The number of hydrogen-bond acceptors (Lipinski definition) is 8. The topological polar surface area (TPSA) is 116 Å². The molecule has 0 atom stereocenters. The van der Waals surface area contributed by atoms with Crippen molar-refractivity contribution in [3.8, 4) is 17.1 Å². The number of benzene rings is 2. The van der Waals surface area contributed by atoms with Crippen LogP contribution in [0.25, 0.3) is 17.1 Å². The molecule has 162 valence electrons. The van der Waals surface area contributed by atoms with Crippen molar-refractivity contribution in [3.63, 3.8) is 0 Å². The van der Waals surface area contributed by atoms with Gasteiger partial charge >= 0.3 is 0 Å². The SMILES string of the molecule is NC(=O)c1c(NC(=O)CSc2nnc(-c3ccc(Br)cc3)o2)sc(=S)n1-c1ccccc1. The van der Waals surface area contributed by atoms with Gasteiger partial charge in [0.15, 0.2) is 3.95 Å². The molecular weight excluding hydrogens is 534 g/mol. The molecule has 0 aliphatic carbocycles. The van der Waals surface area contributed by atoms with Crippen molar-refractivity contribution in [3.05, 3.63) is 68.7 Å². The molecule has 3 N–H and O–H groups in total. The van der Waals surface area contributed by atoms with E-state index >= 15 is 0 Å². The molecule has 2 aromatic heterocycles. The molecule has 0 saturated carbocycles. The molecule has 0 bridgehead atoms. The smallest absolute Gasteiger partial charge is 0.277 e. The van der Waals surface area contributed by atoms with Crippen LogP contribution in [-0.2, 0) is 4.79 Å². The highest BCUT2D eigenvalue weighted by Gasteiger charge is 2.21. The van der Waals surface area contributed by atoms with Gasteiger partial charge in [0, 0.05) is 15.7 Å². The lowest BCUT2D eigenvalue weighted by Gasteiger charge is -2.08. The first-order valence-electron chi connectivity index (χ1n) is 9.05. The van der Waals surface area contributed by atoms with Crippen molar-refractivity contribution in [2.24, 2.45) is 5.73 Å². The third-order valence-corrected chi connectivity index (χ3v) is 6.77. The Kier molecular flexibility index (Phi) is 6.84. The Bertz CT molecular complexity index is 1330. The summed E-state index contributed by atoms with van der Waals surface area (Å²) >= 11 is 10.9. The summed E-state index contributed by atoms with van der Waals surface area (Å²) in [6.45, 7) is 0. The van der Waals surface area contributed by atoms with E-state index in [1.165, 1.54) is 0 Å². The van der Waals surface area contributed by atoms with Gasteiger partial charge in [-0.2, -0.15) is 0 Å². The quantitative estimate of drug-likeness (QED) is 0.249. The van der Waals surface area contributed by atoms with Crippen molar-refractivity contribution >= 4 is 68.1 Å². The minimum Gasteiger partial charge on any atom is -0.411 e. The molecule has 4 aromatic rings. The van der Waals surface area contributed by atoms with Crippen molar-refractivity contribution in [2.75, 3.05) is 11.1 Å². The molecule has 0 aliphatic heterocycles. The number of nitrogens with one attached hydrogen (secondary N) is 1. The van der Waals surface area contributed by atoms with E-state index in [4.69, 9.17) is 22.4 Å². The van der Waals surface area contributed by atoms with E-state index in [1.807, 2.05) is 42.5 Å². The Morgan fingerprint density at radius 2 is 1.88 bits per heavy atom. The zero-order valence-electron chi connectivity index (χ0n) is 16.1. The van der Waals surface area contributed by atoms with E-state index in [9.17, 15) is 9.59 Å². The molecule has 2 aromatic carbocycles. The number of aromatic nitrogens is 3. The second-order valence-corrected chi connectivity index (χ2v) is 9.78.